The van der Waals surface area contributed by atoms with E-state index in [1.807, 2.05) is 6.92 Å². The summed E-state index contributed by atoms with van der Waals surface area (Å²) < 4.78 is 32.1. The van der Waals surface area contributed by atoms with Gasteiger partial charge in [-0.3, -0.25) is 9.59 Å². The van der Waals surface area contributed by atoms with Crippen molar-refractivity contribution in [3.63, 3.8) is 0 Å². The lowest BCUT2D eigenvalue weighted by molar-refractivity contribution is -0.150. The molecule has 0 radical (unpaired) electrons. The number of hydrogen-bond donors (Lipinski definition) is 2. The van der Waals surface area contributed by atoms with Crippen LogP contribution in [-0.4, -0.2) is 55.0 Å². The number of esters is 1. The molecule has 3 rings (SSSR count). The predicted octanol–water partition coefficient (Wildman–Crippen LogP) is 2.26. The van der Waals surface area contributed by atoms with Gasteiger partial charge in [-0.05, 0) is 55.3 Å². The third-order valence-electron chi connectivity index (χ3n) is 5.04. The Balaban J connectivity index is 1.69. The summed E-state index contributed by atoms with van der Waals surface area (Å²) in [6.45, 7) is 2.82. The Labute approximate surface area is 185 Å². The van der Waals surface area contributed by atoms with Crippen LogP contribution in [0, 0.1) is 13.8 Å². The lowest BCUT2D eigenvalue weighted by Crippen LogP contribution is -2.42. The SMILES string of the molecule is Cc1ccc(S(=O)(=O)N2CC(O)CC2C(=O)OCC(=O)Nc2cccc(Cl)c2)cc1C. The van der Waals surface area contributed by atoms with Gasteiger partial charge in [0.15, 0.2) is 6.61 Å². The minimum Gasteiger partial charge on any atom is -0.454 e. The summed E-state index contributed by atoms with van der Waals surface area (Å²) in [6.07, 6.45) is -1.13. The van der Waals surface area contributed by atoms with Gasteiger partial charge in [-0.2, -0.15) is 4.31 Å². The fourth-order valence-electron chi connectivity index (χ4n) is 3.27. The van der Waals surface area contributed by atoms with Crippen LogP contribution in [0.1, 0.15) is 17.5 Å². The zero-order valence-electron chi connectivity index (χ0n) is 17.0. The number of aliphatic hydroxyl groups is 1. The Kier molecular flexibility index (Phi) is 7.00. The molecular formula is C21H23ClN2O6S. The van der Waals surface area contributed by atoms with Crippen LogP contribution in [0.3, 0.4) is 0 Å². The molecule has 2 aromatic carbocycles. The summed E-state index contributed by atoms with van der Waals surface area (Å²) in [5.41, 5.74) is 2.16. The summed E-state index contributed by atoms with van der Waals surface area (Å²) in [4.78, 5) is 24.7. The van der Waals surface area contributed by atoms with Crippen LogP contribution in [0.15, 0.2) is 47.4 Å². The van der Waals surface area contributed by atoms with Crippen molar-refractivity contribution in [2.75, 3.05) is 18.5 Å². The van der Waals surface area contributed by atoms with Gasteiger partial charge in [0.2, 0.25) is 10.0 Å². The Morgan fingerprint density at radius 3 is 2.61 bits per heavy atom. The Bertz CT molecular complexity index is 1100. The molecule has 166 valence electrons. The molecule has 1 aliphatic rings. The predicted molar refractivity (Wildman–Crippen MR) is 115 cm³/mol. The molecule has 0 aromatic heterocycles. The van der Waals surface area contributed by atoms with Gasteiger partial charge < -0.3 is 15.2 Å². The van der Waals surface area contributed by atoms with E-state index in [4.69, 9.17) is 16.3 Å². The van der Waals surface area contributed by atoms with Gasteiger partial charge in [0.1, 0.15) is 6.04 Å². The molecule has 31 heavy (non-hydrogen) atoms. The van der Waals surface area contributed by atoms with E-state index in [-0.39, 0.29) is 17.9 Å². The Morgan fingerprint density at radius 1 is 1.19 bits per heavy atom. The van der Waals surface area contributed by atoms with Crippen molar-refractivity contribution in [1.29, 1.82) is 0 Å². The maximum Gasteiger partial charge on any atom is 0.325 e. The van der Waals surface area contributed by atoms with Gasteiger partial charge in [-0.15, -0.1) is 0 Å². The van der Waals surface area contributed by atoms with Crippen molar-refractivity contribution in [2.24, 2.45) is 0 Å². The molecule has 1 aliphatic heterocycles. The van der Waals surface area contributed by atoms with E-state index in [9.17, 15) is 23.1 Å². The van der Waals surface area contributed by atoms with Crippen molar-refractivity contribution in [3.05, 3.63) is 58.6 Å². The first-order chi connectivity index (χ1) is 14.6. The number of carbonyl (C=O) groups is 2. The van der Waals surface area contributed by atoms with Crippen LogP contribution in [0.4, 0.5) is 5.69 Å². The number of amides is 1. The number of nitrogens with zero attached hydrogens (tertiary/aromatic N) is 1. The number of halogens is 1. The summed E-state index contributed by atoms with van der Waals surface area (Å²) in [6, 6.07) is 9.90. The largest absolute Gasteiger partial charge is 0.454 e. The standard InChI is InChI=1S/C21H23ClN2O6S/c1-13-6-7-18(8-14(13)2)31(28,29)24-11-17(25)10-19(24)21(27)30-12-20(26)23-16-5-3-4-15(22)9-16/h3-9,17,19,25H,10-12H2,1-2H3,(H,23,26). The second-order valence-electron chi connectivity index (χ2n) is 7.39. The fourth-order valence-corrected chi connectivity index (χ4v) is 5.17. The molecular weight excluding hydrogens is 444 g/mol. The van der Waals surface area contributed by atoms with E-state index in [1.54, 1.807) is 31.2 Å². The monoisotopic (exact) mass is 466 g/mol. The zero-order chi connectivity index (χ0) is 22.8. The van der Waals surface area contributed by atoms with E-state index in [0.29, 0.717) is 10.7 Å². The number of rotatable bonds is 6. The average Bonchev–Trinajstić information content (AvgIpc) is 3.11. The van der Waals surface area contributed by atoms with Gasteiger partial charge in [0.05, 0.1) is 11.0 Å². The molecule has 1 saturated heterocycles. The smallest absolute Gasteiger partial charge is 0.325 e. The number of anilines is 1. The third-order valence-corrected chi connectivity index (χ3v) is 7.15. The normalized spacial score (nSPS) is 19.2. The van der Waals surface area contributed by atoms with Gasteiger partial charge in [0.25, 0.3) is 5.91 Å². The first kappa shape index (κ1) is 23.2. The highest BCUT2D eigenvalue weighted by molar-refractivity contribution is 7.89. The van der Waals surface area contributed by atoms with Crippen LogP contribution >= 0.6 is 11.6 Å². The number of β-amino-alcohol motifs (C(OH)–C–C–N with tert-alkyl or cyclic N) is 1. The van der Waals surface area contributed by atoms with E-state index in [2.05, 4.69) is 5.32 Å². The first-order valence-electron chi connectivity index (χ1n) is 9.57. The van der Waals surface area contributed by atoms with Gasteiger partial charge >= 0.3 is 5.97 Å². The topological polar surface area (TPSA) is 113 Å². The number of aliphatic hydroxyl groups excluding tert-OH is 1. The first-order valence-corrected chi connectivity index (χ1v) is 11.4. The number of hydrogen-bond acceptors (Lipinski definition) is 6. The molecule has 2 aromatic rings. The van der Waals surface area contributed by atoms with Gasteiger partial charge in [-0.25, -0.2) is 8.42 Å². The van der Waals surface area contributed by atoms with Crippen LogP contribution in [0.2, 0.25) is 5.02 Å². The number of sulfonamides is 1. The van der Waals surface area contributed by atoms with Crippen LogP contribution in [0.5, 0.6) is 0 Å². The second-order valence-corrected chi connectivity index (χ2v) is 9.72. The van der Waals surface area contributed by atoms with Crippen molar-refractivity contribution < 1.29 is 27.9 Å². The highest BCUT2D eigenvalue weighted by atomic mass is 35.5. The summed E-state index contributed by atoms with van der Waals surface area (Å²) in [5, 5.41) is 13.0. The molecule has 1 fully saturated rings. The van der Waals surface area contributed by atoms with Gasteiger partial charge in [-0.1, -0.05) is 23.7 Å². The van der Waals surface area contributed by atoms with E-state index in [0.717, 1.165) is 15.4 Å². The van der Waals surface area contributed by atoms with E-state index in [1.165, 1.54) is 18.2 Å². The maximum absolute atomic E-state index is 13.1. The molecule has 0 saturated carbocycles. The highest BCUT2D eigenvalue weighted by Gasteiger charge is 2.44. The van der Waals surface area contributed by atoms with E-state index >= 15 is 0 Å². The average molecular weight is 467 g/mol. The number of ether oxygens (including phenoxy) is 1. The zero-order valence-corrected chi connectivity index (χ0v) is 18.6. The molecule has 0 bridgehead atoms. The minimum absolute atomic E-state index is 0.0289. The molecule has 1 amide bonds. The molecule has 0 spiro atoms. The number of carbonyl (C=O) groups excluding carboxylic acids is 2. The van der Waals surface area contributed by atoms with E-state index < -0.39 is 40.7 Å². The van der Waals surface area contributed by atoms with Crippen LogP contribution in [0.25, 0.3) is 0 Å². The fraction of sp³-hybridized carbons (Fsp3) is 0.333. The summed E-state index contributed by atoms with van der Waals surface area (Å²) in [5.74, 6) is -1.50. The van der Waals surface area contributed by atoms with Crippen molar-refractivity contribution in [2.45, 2.75) is 37.3 Å². The third kappa shape index (κ3) is 5.43. The van der Waals surface area contributed by atoms with Crippen LogP contribution < -0.4 is 5.32 Å². The highest BCUT2D eigenvalue weighted by Crippen LogP contribution is 2.28. The summed E-state index contributed by atoms with van der Waals surface area (Å²) in [7, 11) is -4.04. The van der Waals surface area contributed by atoms with Gasteiger partial charge in [0, 0.05) is 23.7 Å². The molecule has 2 N–H and O–H groups in total. The Morgan fingerprint density at radius 2 is 1.94 bits per heavy atom. The van der Waals surface area contributed by atoms with Crippen molar-refractivity contribution in [1.82, 2.24) is 4.31 Å². The number of aryl methyl sites for hydroxylation is 2. The lowest BCUT2D eigenvalue weighted by atomic mass is 10.1. The van der Waals surface area contributed by atoms with Crippen molar-refractivity contribution >= 4 is 39.2 Å². The number of benzene rings is 2. The van der Waals surface area contributed by atoms with Crippen LogP contribution in [-0.2, 0) is 24.3 Å². The Hall–Kier alpha value is -2.46. The van der Waals surface area contributed by atoms with Crippen molar-refractivity contribution in [3.8, 4) is 0 Å². The molecule has 1 heterocycles. The quantitative estimate of drug-likeness (QED) is 0.631. The summed E-state index contributed by atoms with van der Waals surface area (Å²) >= 11 is 5.86. The number of nitrogens with one attached hydrogen (secondary N) is 1. The molecule has 8 nitrogen and oxygen atoms in total. The lowest BCUT2D eigenvalue weighted by Gasteiger charge is -2.22. The molecule has 2 unspecified atom stereocenters. The maximum atomic E-state index is 13.1. The second kappa shape index (κ2) is 9.35. The minimum atomic E-state index is -4.04. The molecule has 0 aliphatic carbocycles. The molecule has 10 heteroatoms. The molecule has 2 atom stereocenters.